The van der Waals surface area contributed by atoms with Crippen molar-refractivity contribution in [3.63, 3.8) is 0 Å². The smallest absolute Gasteiger partial charge is 0.228 e. The number of hydrogen-bond acceptors (Lipinski definition) is 3. The number of carbonyl (C=O) groups is 1. The van der Waals surface area contributed by atoms with E-state index in [0.717, 1.165) is 22.7 Å². The third kappa shape index (κ3) is 5.10. The van der Waals surface area contributed by atoms with Crippen molar-refractivity contribution >= 4 is 40.4 Å². The first-order valence-corrected chi connectivity index (χ1v) is 10.3. The van der Waals surface area contributed by atoms with Crippen LogP contribution in [0, 0.1) is 0 Å². The van der Waals surface area contributed by atoms with Crippen molar-refractivity contribution in [3.05, 3.63) is 85.8 Å². The Labute approximate surface area is 173 Å². The topological polar surface area (TPSA) is 33.2 Å². The Hall–Kier alpha value is -1.88. The van der Waals surface area contributed by atoms with Gasteiger partial charge >= 0.3 is 0 Å². The van der Waals surface area contributed by atoms with Crippen molar-refractivity contribution in [2.75, 3.05) is 7.05 Å². The van der Waals surface area contributed by atoms with Gasteiger partial charge in [0.05, 0.1) is 23.2 Å². The Kier molecular flexibility index (Phi) is 6.53. The molecule has 1 heterocycles. The molecule has 0 aliphatic heterocycles. The highest BCUT2D eigenvalue weighted by atomic mass is 35.5. The van der Waals surface area contributed by atoms with Crippen molar-refractivity contribution in [3.8, 4) is 0 Å². The molecule has 2 aromatic carbocycles. The first-order valence-electron chi connectivity index (χ1n) is 8.62. The lowest BCUT2D eigenvalue weighted by atomic mass is 10.1. The van der Waals surface area contributed by atoms with Crippen LogP contribution in [-0.4, -0.2) is 22.8 Å². The fourth-order valence-electron chi connectivity index (χ4n) is 2.83. The number of carbonyl (C=O) groups excluding carboxylic acids is 1. The van der Waals surface area contributed by atoms with E-state index in [4.69, 9.17) is 23.2 Å². The van der Waals surface area contributed by atoms with Crippen LogP contribution < -0.4 is 0 Å². The molecule has 1 atom stereocenters. The van der Waals surface area contributed by atoms with E-state index in [0.29, 0.717) is 10.0 Å². The molecule has 1 unspecified atom stereocenters. The van der Waals surface area contributed by atoms with Gasteiger partial charge in [0.2, 0.25) is 5.91 Å². The molecule has 0 saturated heterocycles. The lowest BCUT2D eigenvalue weighted by Gasteiger charge is -2.26. The highest BCUT2D eigenvalue weighted by Crippen LogP contribution is 2.29. The number of halogens is 2. The van der Waals surface area contributed by atoms with Gasteiger partial charge in [-0.15, -0.1) is 11.3 Å². The summed E-state index contributed by atoms with van der Waals surface area (Å²) >= 11 is 13.8. The van der Waals surface area contributed by atoms with Crippen LogP contribution in [0.4, 0.5) is 0 Å². The second-order valence-electron chi connectivity index (χ2n) is 6.42. The van der Waals surface area contributed by atoms with E-state index in [1.807, 2.05) is 36.6 Å². The van der Waals surface area contributed by atoms with E-state index in [1.54, 1.807) is 35.4 Å². The number of nitrogens with zero attached hydrogens (tertiary/aromatic N) is 2. The van der Waals surface area contributed by atoms with Crippen molar-refractivity contribution in [1.82, 2.24) is 9.88 Å². The second-order valence-corrected chi connectivity index (χ2v) is 8.20. The molecular weight excluding hydrogens is 399 g/mol. The number of amides is 1. The maximum atomic E-state index is 12.7. The molecular formula is C21H20Cl2N2OS. The Bertz CT molecular complexity index is 927. The molecule has 0 saturated carbocycles. The number of benzene rings is 2. The Balaban J connectivity index is 1.64. The largest absolute Gasteiger partial charge is 0.339 e. The predicted octanol–water partition coefficient (Wildman–Crippen LogP) is 5.80. The molecule has 3 aromatic rings. The first kappa shape index (κ1) is 19.9. The van der Waals surface area contributed by atoms with Crippen LogP contribution in [0.15, 0.2) is 53.9 Å². The molecule has 0 radical (unpaired) electrons. The molecule has 0 bridgehead atoms. The zero-order valence-corrected chi connectivity index (χ0v) is 17.5. The van der Waals surface area contributed by atoms with E-state index >= 15 is 0 Å². The fourth-order valence-corrected chi connectivity index (χ4v) is 4.22. The minimum Gasteiger partial charge on any atom is -0.339 e. The van der Waals surface area contributed by atoms with Gasteiger partial charge < -0.3 is 4.90 Å². The van der Waals surface area contributed by atoms with Gasteiger partial charge in [-0.2, -0.15) is 0 Å². The molecule has 1 aromatic heterocycles. The molecule has 0 N–H and O–H groups in total. The summed E-state index contributed by atoms with van der Waals surface area (Å²) in [5.74, 6) is 0.00470. The van der Waals surface area contributed by atoms with Gasteiger partial charge in [-0.3, -0.25) is 4.79 Å². The standard InChI is InChI=1S/C21H20Cl2N2OS/c1-14(18-9-8-16(22)11-19(18)23)25(2)21(26)12-17-13-27-20(24-17)10-15-6-4-3-5-7-15/h3-9,11,13-14H,10,12H2,1-2H3. The minimum absolute atomic E-state index is 0.00470. The normalized spacial score (nSPS) is 12.0. The summed E-state index contributed by atoms with van der Waals surface area (Å²) in [5.41, 5.74) is 2.89. The van der Waals surface area contributed by atoms with Crippen molar-refractivity contribution in [2.45, 2.75) is 25.8 Å². The zero-order chi connectivity index (χ0) is 19.4. The van der Waals surface area contributed by atoms with Crippen LogP contribution in [-0.2, 0) is 17.6 Å². The van der Waals surface area contributed by atoms with Gasteiger partial charge in [-0.1, -0.05) is 59.6 Å². The fraction of sp³-hybridized carbons (Fsp3) is 0.238. The third-order valence-electron chi connectivity index (χ3n) is 4.52. The van der Waals surface area contributed by atoms with E-state index < -0.39 is 0 Å². The average molecular weight is 419 g/mol. The zero-order valence-electron chi connectivity index (χ0n) is 15.2. The van der Waals surface area contributed by atoms with Crippen LogP contribution in [0.1, 0.15) is 34.8 Å². The molecule has 0 aliphatic rings. The Morgan fingerprint density at radius 2 is 1.93 bits per heavy atom. The second kappa shape index (κ2) is 8.87. The maximum Gasteiger partial charge on any atom is 0.228 e. The molecule has 140 valence electrons. The van der Waals surface area contributed by atoms with Crippen LogP contribution in [0.3, 0.4) is 0 Å². The minimum atomic E-state index is -0.148. The number of thiazole rings is 1. The molecule has 6 heteroatoms. The Morgan fingerprint density at radius 1 is 1.19 bits per heavy atom. The van der Waals surface area contributed by atoms with Crippen LogP contribution in [0.25, 0.3) is 0 Å². The summed E-state index contributed by atoms with van der Waals surface area (Å²) in [7, 11) is 1.79. The summed E-state index contributed by atoms with van der Waals surface area (Å²) in [6.07, 6.45) is 1.06. The predicted molar refractivity (Wildman–Crippen MR) is 113 cm³/mol. The molecule has 0 fully saturated rings. The number of rotatable bonds is 6. The molecule has 3 rings (SSSR count). The van der Waals surface area contributed by atoms with E-state index in [1.165, 1.54) is 5.56 Å². The van der Waals surface area contributed by atoms with Crippen LogP contribution in [0.5, 0.6) is 0 Å². The van der Waals surface area contributed by atoms with E-state index in [-0.39, 0.29) is 18.4 Å². The van der Waals surface area contributed by atoms with E-state index in [9.17, 15) is 4.79 Å². The van der Waals surface area contributed by atoms with Crippen LogP contribution in [0.2, 0.25) is 10.0 Å². The Morgan fingerprint density at radius 3 is 2.63 bits per heavy atom. The van der Waals surface area contributed by atoms with Crippen molar-refractivity contribution < 1.29 is 4.79 Å². The summed E-state index contributed by atoms with van der Waals surface area (Å²) in [6, 6.07) is 15.4. The third-order valence-corrected chi connectivity index (χ3v) is 5.98. The van der Waals surface area contributed by atoms with E-state index in [2.05, 4.69) is 17.1 Å². The van der Waals surface area contributed by atoms with Gasteiger partial charge in [-0.25, -0.2) is 4.98 Å². The lowest BCUT2D eigenvalue weighted by Crippen LogP contribution is -2.31. The molecule has 1 amide bonds. The first-order chi connectivity index (χ1) is 12.9. The van der Waals surface area contributed by atoms with Gasteiger partial charge in [-0.05, 0) is 30.2 Å². The van der Waals surface area contributed by atoms with Gasteiger partial charge in [0, 0.05) is 28.9 Å². The van der Waals surface area contributed by atoms with Gasteiger partial charge in [0.15, 0.2) is 0 Å². The van der Waals surface area contributed by atoms with Gasteiger partial charge in [0.1, 0.15) is 0 Å². The van der Waals surface area contributed by atoms with Crippen molar-refractivity contribution in [1.29, 1.82) is 0 Å². The number of likely N-dealkylation sites (N-methyl/N-ethyl adjacent to an activating group) is 1. The van der Waals surface area contributed by atoms with Gasteiger partial charge in [0.25, 0.3) is 0 Å². The molecule has 0 spiro atoms. The quantitative estimate of drug-likeness (QED) is 0.506. The summed E-state index contributed by atoms with van der Waals surface area (Å²) in [6.45, 7) is 1.95. The highest BCUT2D eigenvalue weighted by molar-refractivity contribution is 7.09. The molecule has 3 nitrogen and oxygen atoms in total. The summed E-state index contributed by atoms with van der Waals surface area (Å²) in [4.78, 5) is 19.0. The number of aromatic nitrogens is 1. The molecule has 27 heavy (non-hydrogen) atoms. The SMILES string of the molecule is CC(c1ccc(Cl)cc1Cl)N(C)C(=O)Cc1csc(Cc2ccccc2)n1. The maximum absolute atomic E-state index is 12.7. The summed E-state index contributed by atoms with van der Waals surface area (Å²) < 4.78 is 0. The van der Waals surface area contributed by atoms with Crippen molar-refractivity contribution in [2.24, 2.45) is 0 Å². The monoisotopic (exact) mass is 418 g/mol. The number of hydrogen-bond donors (Lipinski definition) is 0. The van der Waals surface area contributed by atoms with Crippen LogP contribution >= 0.6 is 34.5 Å². The highest BCUT2D eigenvalue weighted by Gasteiger charge is 2.20. The summed E-state index contributed by atoms with van der Waals surface area (Å²) in [5, 5.41) is 4.12. The average Bonchev–Trinajstić information content (AvgIpc) is 3.08. The lowest BCUT2D eigenvalue weighted by molar-refractivity contribution is -0.131. The molecule has 0 aliphatic carbocycles.